The van der Waals surface area contributed by atoms with E-state index in [0.717, 1.165) is 12.8 Å². The van der Waals surface area contributed by atoms with Gasteiger partial charge < -0.3 is 9.47 Å². The Morgan fingerprint density at radius 3 is 2.87 bits per heavy atom. The van der Waals surface area contributed by atoms with Crippen LogP contribution in [0.3, 0.4) is 0 Å². The number of hydrogen-bond acceptors (Lipinski definition) is 4. The topological polar surface area (TPSA) is 52.6 Å². The SMILES string of the molecule is CC(=O)OC[C@]12C[C@H]3C[C@@]1(C)[C@@H]2C(=O)O3. The summed E-state index contributed by atoms with van der Waals surface area (Å²) < 4.78 is 10.3. The molecular weight excluding hydrogens is 196 g/mol. The smallest absolute Gasteiger partial charge is 0.310 e. The number of fused-ring (bicyclic) bond motifs is 1. The van der Waals surface area contributed by atoms with Crippen LogP contribution in [0, 0.1) is 16.7 Å². The first-order chi connectivity index (χ1) is 6.99. The molecule has 0 unspecified atom stereocenters. The van der Waals surface area contributed by atoms with Gasteiger partial charge in [-0.15, -0.1) is 0 Å². The van der Waals surface area contributed by atoms with Crippen molar-refractivity contribution in [1.29, 1.82) is 0 Å². The van der Waals surface area contributed by atoms with Crippen LogP contribution in [0.15, 0.2) is 0 Å². The molecule has 4 aliphatic rings. The fourth-order valence-corrected chi connectivity index (χ4v) is 3.80. The van der Waals surface area contributed by atoms with E-state index in [1.165, 1.54) is 6.92 Å². The average molecular weight is 210 g/mol. The number of esters is 2. The van der Waals surface area contributed by atoms with Crippen molar-refractivity contribution in [3.63, 3.8) is 0 Å². The first-order valence-electron chi connectivity index (χ1n) is 5.33. The van der Waals surface area contributed by atoms with Crippen LogP contribution in [-0.2, 0) is 19.1 Å². The molecule has 4 nitrogen and oxygen atoms in total. The summed E-state index contributed by atoms with van der Waals surface area (Å²) in [5, 5.41) is 0. The van der Waals surface area contributed by atoms with Crippen molar-refractivity contribution in [2.45, 2.75) is 32.8 Å². The Bertz CT molecular complexity index is 364. The molecule has 4 rings (SSSR count). The van der Waals surface area contributed by atoms with E-state index in [9.17, 15) is 9.59 Å². The summed E-state index contributed by atoms with van der Waals surface area (Å²) in [5.74, 6) is -0.392. The van der Waals surface area contributed by atoms with Gasteiger partial charge in [0.05, 0.1) is 12.5 Å². The van der Waals surface area contributed by atoms with Gasteiger partial charge in [0.2, 0.25) is 0 Å². The molecule has 0 radical (unpaired) electrons. The summed E-state index contributed by atoms with van der Waals surface area (Å²) in [4.78, 5) is 22.4. The number of hydrogen-bond donors (Lipinski definition) is 0. The molecule has 82 valence electrons. The first-order valence-corrected chi connectivity index (χ1v) is 5.33. The van der Waals surface area contributed by atoms with E-state index >= 15 is 0 Å². The van der Waals surface area contributed by atoms with Crippen molar-refractivity contribution in [3.8, 4) is 0 Å². The minimum absolute atomic E-state index is 0.0302. The molecule has 0 N–H and O–H groups in total. The number of rotatable bonds is 2. The van der Waals surface area contributed by atoms with Crippen molar-refractivity contribution < 1.29 is 19.1 Å². The van der Waals surface area contributed by atoms with E-state index in [2.05, 4.69) is 6.92 Å². The molecule has 2 aliphatic heterocycles. The van der Waals surface area contributed by atoms with Crippen molar-refractivity contribution in [2.24, 2.45) is 16.7 Å². The normalized spacial score (nSPS) is 49.9. The van der Waals surface area contributed by atoms with Crippen LogP contribution in [0.4, 0.5) is 0 Å². The second-order valence-electron chi connectivity index (χ2n) is 5.25. The van der Waals surface area contributed by atoms with Gasteiger partial charge in [-0.1, -0.05) is 6.92 Å². The predicted octanol–water partition coefficient (Wildman–Crippen LogP) is 0.891. The van der Waals surface area contributed by atoms with E-state index in [1.807, 2.05) is 0 Å². The second kappa shape index (κ2) is 2.36. The van der Waals surface area contributed by atoms with Crippen molar-refractivity contribution in [1.82, 2.24) is 0 Å². The lowest BCUT2D eigenvalue weighted by atomic mass is 9.97. The third-order valence-corrected chi connectivity index (χ3v) is 4.54. The summed E-state index contributed by atoms with van der Waals surface area (Å²) in [7, 11) is 0. The molecule has 15 heavy (non-hydrogen) atoms. The summed E-state index contributed by atoms with van der Waals surface area (Å²) in [6.45, 7) is 3.90. The van der Waals surface area contributed by atoms with Crippen molar-refractivity contribution >= 4 is 11.9 Å². The van der Waals surface area contributed by atoms with Crippen molar-refractivity contribution in [2.75, 3.05) is 6.61 Å². The zero-order valence-electron chi connectivity index (χ0n) is 8.91. The van der Waals surface area contributed by atoms with E-state index in [4.69, 9.17) is 9.47 Å². The standard InChI is InChI=1S/C11H14O4/c1-6(12)14-5-11-4-7-3-10(11,2)8(11)9(13)15-7/h7-8H,3-5H2,1-2H3/t7-,8+,10+,11+/m1/s1. The highest BCUT2D eigenvalue weighted by Gasteiger charge is 2.84. The van der Waals surface area contributed by atoms with E-state index < -0.39 is 0 Å². The van der Waals surface area contributed by atoms with Crippen LogP contribution in [0.5, 0.6) is 0 Å². The number of ether oxygens (including phenoxy) is 2. The maximum Gasteiger partial charge on any atom is 0.310 e. The Balaban J connectivity index is 1.83. The van der Waals surface area contributed by atoms with Crippen LogP contribution in [0.2, 0.25) is 0 Å². The number of carbonyl (C=O) groups excluding carboxylic acids is 2. The number of carbonyl (C=O) groups is 2. The summed E-state index contributed by atoms with van der Waals surface area (Å²) in [5.41, 5.74) is -0.0683. The minimum atomic E-state index is -0.269. The molecule has 2 saturated heterocycles. The molecule has 4 bridgehead atoms. The second-order valence-corrected chi connectivity index (χ2v) is 5.25. The fraction of sp³-hybridized carbons (Fsp3) is 0.818. The van der Waals surface area contributed by atoms with Gasteiger partial charge in [0.25, 0.3) is 0 Å². The highest BCUT2D eigenvalue weighted by molar-refractivity contribution is 5.82. The Kier molecular flexibility index (Phi) is 1.45. The summed E-state index contributed by atoms with van der Waals surface area (Å²) in [6.07, 6.45) is 1.86. The lowest BCUT2D eigenvalue weighted by Gasteiger charge is -2.26. The lowest BCUT2D eigenvalue weighted by molar-refractivity contribution is -0.163. The monoisotopic (exact) mass is 210 g/mol. The largest absolute Gasteiger partial charge is 0.465 e. The van der Waals surface area contributed by atoms with Crippen LogP contribution in [0.25, 0.3) is 0 Å². The third kappa shape index (κ3) is 0.880. The van der Waals surface area contributed by atoms with Gasteiger partial charge in [-0.2, -0.15) is 0 Å². The van der Waals surface area contributed by atoms with E-state index in [1.54, 1.807) is 0 Å². The van der Waals surface area contributed by atoms with Gasteiger partial charge in [-0.25, -0.2) is 0 Å². The zero-order valence-corrected chi connectivity index (χ0v) is 8.91. The molecular formula is C11H14O4. The Morgan fingerprint density at radius 1 is 1.60 bits per heavy atom. The molecule has 4 fully saturated rings. The molecule has 2 heterocycles. The van der Waals surface area contributed by atoms with E-state index in [0.29, 0.717) is 6.61 Å². The highest BCUT2D eigenvalue weighted by atomic mass is 16.6. The molecule has 0 aromatic rings. The molecule has 2 aliphatic carbocycles. The Labute approximate surface area is 87.9 Å². The maximum absolute atomic E-state index is 11.6. The van der Waals surface area contributed by atoms with Gasteiger partial charge in [0.15, 0.2) is 0 Å². The first kappa shape index (κ1) is 9.19. The quantitative estimate of drug-likeness (QED) is 0.635. The predicted molar refractivity (Wildman–Crippen MR) is 49.8 cm³/mol. The minimum Gasteiger partial charge on any atom is -0.465 e. The molecule has 4 heteroatoms. The molecule has 0 aromatic carbocycles. The fourth-order valence-electron chi connectivity index (χ4n) is 3.80. The average Bonchev–Trinajstić information content (AvgIpc) is 2.54. The molecule has 0 aromatic heterocycles. The van der Waals surface area contributed by atoms with Crippen LogP contribution < -0.4 is 0 Å². The summed E-state index contributed by atoms with van der Waals surface area (Å²) in [6, 6.07) is 0. The zero-order chi connectivity index (χ0) is 10.8. The summed E-state index contributed by atoms with van der Waals surface area (Å²) >= 11 is 0. The highest BCUT2D eigenvalue weighted by Crippen LogP contribution is 2.80. The van der Waals surface area contributed by atoms with Gasteiger partial charge in [0, 0.05) is 12.3 Å². The van der Waals surface area contributed by atoms with Gasteiger partial charge in [-0.05, 0) is 18.3 Å². The lowest BCUT2D eigenvalue weighted by Crippen LogP contribution is -2.33. The Hall–Kier alpha value is -1.06. The van der Waals surface area contributed by atoms with Crippen molar-refractivity contribution in [3.05, 3.63) is 0 Å². The molecule has 0 amide bonds. The van der Waals surface area contributed by atoms with E-state index in [-0.39, 0.29) is 34.8 Å². The van der Waals surface area contributed by atoms with Crippen LogP contribution in [0.1, 0.15) is 26.7 Å². The van der Waals surface area contributed by atoms with Crippen LogP contribution in [-0.4, -0.2) is 24.6 Å². The van der Waals surface area contributed by atoms with Crippen LogP contribution >= 0.6 is 0 Å². The molecule has 4 atom stereocenters. The van der Waals surface area contributed by atoms with Gasteiger partial charge in [-0.3, -0.25) is 9.59 Å². The van der Waals surface area contributed by atoms with Gasteiger partial charge in [0.1, 0.15) is 6.10 Å². The third-order valence-electron chi connectivity index (χ3n) is 4.54. The Morgan fingerprint density at radius 2 is 2.33 bits per heavy atom. The molecule has 2 saturated carbocycles. The maximum atomic E-state index is 11.6. The molecule has 0 spiro atoms. The van der Waals surface area contributed by atoms with Gasteiger partial charge >= 0.3 is 11.9 Å².